The zero-order chi connectivity index (χ0) is 11.6. The maximum Gasteiger partial charge on any atom is 0.252 e. The maximum absolute atomic E-state index is 5.84. The Balaban J connectivity index is 1.87. The van der Waals surface area contributed by atoms with Crippen LogP contribution in [0.2, 0.25) is 0 Å². The summed E-state index contributed by atoms with van der Waals surface area (Å²) in [6.07, 6.45) is 0. The smallest absolute Gasteiger partial charge is 0.252 e. The van der Waals surface area contributed by atoms with Crippen LogP contribution < -0.4 is 0 Å². The van der Waals surface area contributed by atoms with Crippen LogP contribution in [-0.4, -0.2) is 29.9 Å². The second-order valence-electron chi connectivity index (χ2n) is 3.72. The van der Waals surface area contributed by atoms with Crippen molar-refractivity contribution >= 4 is 27.9 Å². The molecule has 0 amide bonds. The highest BCUT2D eigenvalue weighted by atomic mass is 32.2. The van der Waals surface area contributed by atoms with E-state index in [1.54, 1.807) is 23.5 Å². The van der Waals surface area contributed by atoms with Gasteiger partial charge in [-0.25, -0.2) is 0 Å². The Morgan fingerprint density at radius 1 is 1.18 bits per heavy atom. The Labute approximate surface area is 109 Å². The van der Waals surface area contributed by atoms with E-state index in [-0.39, 0.29) is 0 Å². The molecule has 1 fully saturated rings. The first-order chi connectivity index (χ1) is 8.39. The Bertz CT molecular complexity index is 416. The molecule has 0 radical (unpaired) electrons. The topological polar surface area (TPSA) is 30.8 Å². The lowest BCUT2D eigenvalue weighted by Gasteiger charge is -2.26. The third kappa shape index (κ3) is 2.38. The van der Waals surface area contributed by atoms with E-state index in [1.165, 1.54) is 0 Å². The molecular formula is C12H13NO2S2. The number of hydrogen-bond acceptors (Lipinski definition) is 5. The minimum atomic E-state index is -0.683. The molecule has 0 atom stereocenters. The van der Waals surface area contributed by atoms with Crippen LogP contribution in [0.3, 0.4) is 0 Å². The van der Waals surface area contributed by atoms with Gasteiger partial charge in [0.05, 0.1) is 19.8 Å². The Hall–Kier alpha value is -0.490. The number of ether oxygens (including phenoxy) is 2. The summed E-state index contributed by atoms with van der Waals surface area (Å²) in [5.41, 5.74) is 1.05. The van der Waals surface area contributed by atoms with Crippen molar-refractivity contribution in [2.24, 2.45) is 4.99 Å². The Morgan fingerprint density at radius 2 is 1.94 bits per heavy atom. The summed E-state index contributed by atoms with van der Waals surface area (Å²) >= 11 is 3.36. The van der Waals surface area contributed by atoms with Crippen LogP contribution in [0.25, 0.3) is 0 Å². The largest absolute Gasteiger partial charge is 0.335 e. The predicted octanol–water partition coefficient (Wildman–Crippen LogP) is 2.68. The van der Waals surface area contributed by atoms with Gasteiger partial charge in [0, 0.05) is 11.3 Å². The first kappa shape index (κ1) is 11.6. The van der Waals surface area contributed by atoms with E-state index >= 15 is 0 Å². The lowest BCUT2D eigenvalue weighted by atomic mass is 10.2. The van der Waals surface area contributed by atoms with Crippen molar-refractivity contribution in [1.29, 1.82) is 0 Å². The van der Waals surface area contributed by atoms with Gasteiger partial charge in [-0.05, 0) is 11.8 Å². The van der Waals surface area contributed by atoms with E-state index in [0.717, 1.165) is 22.2 Å². The first-order valence-corrected chi connectivity index (χ1v) is 7.39. The molecule has 2 heterocycles. The highest BCUT2D eigenvalue weighted by Crippen LogP contribution is 2.45. The van der Waals surface area contributed by atoms with E-state index < -0.39 is 5.12 Å². The van der Waals surface area contributed by atoms with Gasteiger partial charge < -0.3 is 9.47 Å². The van der Waals surface area contributed by atoms with Gasteiger partial charge in [0.15, 0.2) is 0 Å². The second-order valence-corrected chi connectivity index (χ2v) is 6.19. The van der Waals surface area contributed by atoms with Gasteiger partial charge in [-0.2, -0.15) is 0 Å². The van der Waals surface area contributed by atoms with Gasteiger partial charge >= 0.3 is 0 Å². The molecule has 2 aliphatic heterocycles. The highest BCUT2D eigenvalue weighted by Gasteiger charge is 2.41. The van der Waals surface area contributed by atoms with Crippen molar-refractivity contribution in [2.45, 2.75) is 5.12 Å². The van der Waals surface area contributed by atoms with Crippen molar-refractivity contribution in [2.75, 3.05) is 25.5 Å². The van der Waals surface area contributed by atoms with Crippen LogP contribution in [0.5, 0.6) is 0 Å². The van der Waals surface area contributed by atoms with Crippen LogP contribution in [-0.2, 0) is 14.6 Å². The standard InChI is InChI=1S/C12H13NO2S2/c1-2-4-10(5-3-1)12(14-7-8-15-12)17-11-13-6-9-16-11/h1-5H,6-9H2. The molecule has 1 aromatic rings. The molecule has 0 saturated carbocycles. The summed E-state index contributed by atoms with van der Waals surface area (Å²) in [4.78, 5) is 4.45. The summed E-state index contributed by atoms with van der Waals surface area (Å²) in [7, 11) is 0. The van der Waals surface area contributed by atoms with Gasteiger partial charge in [-0.1, -0.05) is 42.1 Å². The zero-order valence-electron chi connectivity index (χ0n) is 9.30. The predicted molar refractivity (Wildman–Crippen MR) is 72.4 cm³/mol. The van der Waals surface area contributed by atoms with Gasteiger partial charge in [0.25, 0.3) is 5.12 Å². The van der Waals surface area contributed by atoms with E-state index in [4.69, 9.17) is 9.47 Å². The van der Waals surface area contributed by atoms with E-state index in [9.17, 15) is 0 Å². The molecule has 2 aliphatic rings. The van der Waals surface area contributed by atoms with E-state index in [2.05, 4.69) is 4.99 Å². The lowest BCUT2D eigenvalue weighted by Crippen LogP contribution is -2.24. The fourth-order valence-electron chi connectivity index (χ4n) is 1.81. The normalized spacial score (nSPS) is 22.7. The highest BCUT2D eigenvalue weighted by molar-refractivity contribution is 8.39. The van der Waals surface area contributed by atoms with Gasteiger partial charge in [0.1, 0.15) is 4.38 Å². The van der Waals surface area contributed by atoms with Crippen LogP contribution in [0.4, 0.5) is 0 Å². The fraction of sp³-hybridized carbons (Fsp3) is 0.417. The molecule has 0 spiro atoms. The monoisotopic (exact) mass is 267 g/mol. The second kappa shape index (κ2) is 5.02. The van der Waals surface area contributed by atoms with Crippen LogP contribution in [0.15, 0.2) is 35.3 Å². The average Bonchev–Trinajstić information content (AvgIpc) is 3.03. The van der Waals surface area contributed by atoms with E-state index in [0.29, 0.717) is 13.2 Å². The fourth-order valence-corrected chi connectivity index (χ4v) is 4.09. The number of hydrogen-bond donors (Lipinski definition) is 0. The SMILES string of the molecule is c1ccc(C2(SC3=NCCS3)OCCO2)cc1. The minimum Gasteiger partial charge on any atom is -0.335 e. The van der Waals surface area contributed by atoms with Crippen molar-refractivity contribution in [3.63, 3.8) is 0 Å². The number of thioether (sulfide) groups is 2. The molecule has 0 unspecified atom stereocenters. The lowest BCUT2D eigenvalue weighted by molar-refractivity contribution is -0.0804. The molecule has 3 rings (SSSR count). The Kier molecular flexibility index (Phi) is 3.42. The molecule has 17 heavy (non-hydrogen) atoms. The summed E-state index contributed by atoms with van der Waals surface area (Å²) in [6.45, 7) is 2.18. The number of aliphatic imine (C=N–C) groups is 1. The number of rotatable bonds is 2. The third-order valence-electron chi connectivity index (χ3n) is 2.57. The molecular weight excluding hydrogens is 254 g/mol. The maximum atomic E-state index is 5.84. The molecule has 3 nitrogen and oxygen atoms in total. The summed E-state index contributed by atoms with van der Waals surface area (Å²) < 4.78 is 12.7. The molecule has 1 saturated heterocycles. The first-order valence-electron chi connectivity index (χ1n) is 5.59. The number of nitrogens with zero attached hydrogens (tertiary/aromatic N) is 1. The Morgan fingerprint density at radius 3 is 2.59 bits per heavy atom. The summed E-state index contributed by atoms with van der Waals surface area (Å²) in [5.74, 6) is 1.06. The van der Waals surface area contributed by atoms with Crippen molar-refractivity contribution < 1.29 is 9.47 Å². The molecule has 90 valence electrons. The van der Waals surface area contributed by atoms with Crippen LogP contribution >= 0.6 is 23.5 Å². The minimum absolute atomic E-state index is 0.639. The number of benzene rings is 1. The van der Waals surface area contributed by atoms with Crippen LogP contribution in [0, 0.1) is 0 Å². The van der Waals surface area contributed by atoms with E-state index in [1.807, 2.05) is 30.3 Å². The zero-order valence-corrected chi connectivity index (χ0v) is 10.9. The third-order valence-corrected chi connectivity index (χ3v) is 4.98. The van der Waals surface area contributed by atoms with Gasteiger partial charge in [0.2, 0.25) is 0 Å². The summed E-state index contributed by atoms with van der Waals surface area (Å²) in [6, 6.07) is 10.1. The van der Waals surface area contributed by atoms with Gasteiger partial charge in [-0.3, -0.25) is 4.99 Å². The van der Waals surface area contributed by atoms with Gasteiger partial charge in [-0.15, -0.1) is 0 Å². The molecule has 5 heteroatoms. The molecule has 1 aromatic carbocycles. The molecule has 0 bridgehead atoms. The van der Waals surface area contributed by atoms with Crippen molar-refractivity contribution in [1.82, 2.24) is 0 Å². The summed E-state index contributed by atoms with van der Waals surface area (Å²) in [5, 5.41) is -0.683. The quantitative estimate of drug-likeness (QED) is 0.824. The van der Waals surface area contributed by atoms with Crippen LogP contribution in [0.1, 0.15) is 5.56 Å². The van der Waals surface area contributed by atoms with Crippen molar-refractivity contribution in [3.05, 3.63) is 35.9 Å². The van der Waals surface area contributed by atoms with Crippen molar-refractivity contribution in [3.8, 4) is 0 Å². The molecule has 0 aromatic heterocycles. The molecule has 0 N–H and O–H groups in total. The average molecular weight is 267 g/mol. The molecule has 0 aliphatic carbocycles.